The van der Waals surface area contributed by atoms with Crippen LogP contribution in [0.25, 0.3) is 10.9 Å². The van der Waals surface area contributed by atoms with Gasteiger partial charge in [-0.1, -0.05) is 49.4 Å². The molecular weight excluding hydrogens is 440 g/mol. The number of ether oxygens (including phenoxy) is 1. The molecule has 0 aliphatic carbocycles. The van der Waals surface area contributed by atoms with Gasteiger partial charge in [0.15, 0.2) is 0 Å². The quantitative estimate of drug-likeness (QED) is 0.362. The Morgan fingerprint density at radius 2 is 1.77 bits per heavy atom. The van der Waals surface area contributed by atoms with E-state index >= 15 is 0 Å². The molecule has 0 aliphatic rings. The van der Waals surface area contributed by atoms with Gasteiger partial charge in [0.1, 0.15) is 5.75 Å². The van der Waals surface area contributed by atoms with E-state index in [0.717, 1.165) is 33.2 Å². The lowest BCUT2D eigenvalue weighted by molar-refractivity contribution is -0.124. The highest BCUT2D eigenvalue weighted by molar-refractivity contribution is 5.88. The van der Waals surface area contributed by atoms with Crippen LogP contribution < -0.4 is 10.1 Å². The highest BCUT2D eigenvalue weighted by Crippen LogP contribution is 2.29. The van der Waals surface area contributed by atoms with Gasteiger partial charge in [0.2, 0.25) is 5.91 Å². The maximum absolute atomic E-state index is 12.7. The third kappa shape index (κ3) is 5.54. The van der Waals surface area contributed by atoms with Crippen LogP contribution >= 0.6 is 0 Å². The van der Waals surface area contributed by atoms with Crippen LogP contribution in [-0.2, 0) is 31.2 Å². The SMILES string of the molecule is COc1cc(C(=O)O)ccc1Cc1cn(C)c2ccc(CC(C)C(=O)NCc3ccccc3)cc12. The molecule has 1 aromatic heterocycles. The molecular formula is C29H30N2O4. The van der Waals surface area contributed by atoms with Crippen molar-refractivity contribution in [1.29, 1.82) is 0 Å². The monoisotopic (exact) mass is 470 g/mol. The van der Waals surface area contributed by atoms with E-state index in [0.29, 0.717) is 25.1 Å². The van der Waals surface area contributed by atoms with Gasteiger partial charge in [-0.2, -0.15) is 0 Å². The first-order valence-electron chi connectivity index (χ1n) is 11.6. The smallest absolute Gasteiger partial charge is 0.335 e. The van der Waals surface area contributed by atoms with Crippen LogP contribution in [0.2, 0.25) is 0 Å². The zero-order valence-corrected chi connectivity index (χ0v) is 20.2. The molecule has 4 rings (SSSR count). The number of fused-ring (bicyclic) bond motifs is 1. The van der Waals surface area contributed by atoms with Crippen LogP contribution in [0.5, 0.6) is 5.75 Å². The van der Waals surface area contributed by atoms with E-state index in [1.165, 1.54) is 0 Å². The second-order valence-electron chi connectivity index (χ2n) is 8.93. The molecule has 0 saturated heterocycles. The molecule has 2 N–H and O–H groups in total. The molecule has 0 bridgehead atoms. The fourth-order valence-corrected chi connectivity index (χ4v) is 4.42. The van der Waals surface area contributed by atoms with E-state index in [-0.39, 0.29) is 17.4 Å². The zero-order valence-electron chi connectivity index (χ0n) is 20.2. The first-order valence-corrected chi connectivity index (χ1v) is 11.6. The number of hydrogen-bond donors (Lipinski definition) is 2. The topological polar surface area (TPSA) is 80.6 Å². The largest absolute Gasteiger partial charge is 0.496 e. The third-order valence-electron chi connectivity index (χ3n) is 6.35. The van der Waals surface area contributed by atoms with Gasteiger partial charge in [-0.05, 0) is 52.9 Å². The Morgan fingerprint density at radius 3 is 2.49 bits per heavy atom. The Balaban J connectivity index is 1.52. The number of carboxylic acids is 1. The number of methoxy groups -OCH3 is 1. The van der Waals surface area contributed by atoms with Crippen molar-refractivity contribution < 1.29 is 19.4 Å². The van der Waals surface area contributed by atoms with Crippen molar-refractivity contribution in [3.05, 3.63) is 101 Å². The number of benzene rings is 3. The summed E-state index contributed by atoms with van der Waals surface area (Å²) in [5.74, 6) is -0.550. The normalized spacial score (nSPS) is 11.9. The van der Waals surface area contributed by atoms with Gasteiger partial charge in [0, 0.05) is 43.0 Å². The number of carboxylic acid groups (broad SMARTS) is 1. The Bertz CT molecular complexity index is 1360. The standard InChI is InChI=1S/C29H30N2O4/c1-19(28(32)30-17-20-7-5-4-6-8-20)13-21-9-12-26-25(14-21)24(18-31(26)2)15-22-10-11-23(29(33)34)16-27(22)35-3/h4-12,14,16,18-19H,13,15,17H2,1-3H3,(H,30,32)(H,33,34). The molecule has 0 aliphatic heterocycles. The van der Waals surface area contributed by atoms with Crippen LogP contribution in [0.15, 0.2) is 72.9 Å². The molecule has 6 nitrogen and oxygen atoms in total. The van der Waals surface area contributed by atoms with Crippen LogP contribution in [0, 0.1) is 5.92 Å². The summed E-state index contributed by atoms with van der Waals surface area (Å²) in [7, 11) is 3.56. The van der Waals surface area contributed by atoms with Crippen LogP contribution in [-0.4, -0.2) is 28.7 Å². The highest BCUT2D eigenvalue weighted by Gasteiger charge is 2.16. The van der Waals surface area contributed by atoms with E-state index in [1.54, 1.807) is 19.2 Å². The lowest BCUT2D eigenvalue weighted by Crippen LogP contribution is -2.29. The Kier molecular flexibility index (Phi) is 7.20. The number of hydrogen-bond acceptors (Lipinski definition) is 3. The van der Waals surface area contributed by atoms with Gasteiger partial charge >= 0.3 is 5.97 Å². The molecule has 1 amide bonds. The number of nitrogens with one attached hydrogen (secondary N) is 1. The first-order chi connectivity index (χ1) is 16.9. The minimum absolute atomic E-state index is 0.0329. The highest BCUT2D eigenvalue weighted by atomic mass is 16.5. The summed E-state index contributed by atoms with van der Waals surface area (Å²) in [6, 6.07) is 21.2. The Hall–Kier alpha value is -4.06. The van der Waals surface area contributed by atoms with Gasteiger partial charge < -0.3 is 19.7 Å². The molecule has 4 aromatic rings. The molecule has 1 heterocycles. The number of aryl methyl sites for hydroxylation is 1. The fourth-order valence-electron chi connectivity index (χ4n) is 4.42. The van der Waals surface area contributed by atoms with E-state index < -0.39 is 5.97 Å². The molecule has 0 spiro atoms. The Labute approximate surface area is 205 Å². The summed E-state index contributed by atoms with van der Waals surface area (Å²) in [5.41, 5.74) is 5.52. The third-order valence-corrected chi connectivity index (χ3v) is 6.35. The van der Waals surface area contributed by atoms with Gasteiger partial charge in [0.25, 0.3) is 0 Å². The van der Waals surface area contributed by atoms with Gasteiger partial charge in [-0.25, -0.2) is 4.79 Å². The van der Waals surface area contributed by atoms with Crippen molar-refractivity contribution in [1.82, 2.24) is 9.88 Å². The first kappa shape index (κ1) is 24.1. The summed E-state index contributed by atoms with van der Waals surface area (Å²) < 4.78 is 7.56. The van der Waals surface area contributed by atoms with Crippen molar-refractivity contribution in [3.8, 4) is 5.75 Å². The molecule has 1 unspecified atom stereocenters. The number of carbonyl (C=O) groups is 2. The predicted molar refractivity (Wildman–Crippen MR) is 137 cm³/mol. The summed E-state index contributed by atoms with van der Waals surface area (Å²) in [6.45, 7) is 2.47. The number of aromatic nitrogens is 1. The predicted octanol–water partition coefficient (Wildman–Crippen LogP) is 4.97. The molecule has 0 fully saturated rings. The van der Waals surface area contributed by atoms with Crippen LogP contribution in [0.1, 0.15) is 39.5 Å². The van der Waals surface area contributed by atoms with Crippen molar-refractivity contribution in [2.24, 2.45) is 13.0 Å². The number of rotatable bonds is 9. The van der Waals surface area contributed by atoms with Crippen molar-refractivity contribution in [2.45, 2.75) is 26.3 Å². The Morgan fingerprint density at radius 1 is 1.00 bits per heavy atom. The maximum Gasteiger partial charge on any atom is 0.335 e. The van der Waals surface area contributed by atoms with Crippen LogP contribution in [0.3, 0.4) is 0 Å². The number of nitrogens with zero attached hydrogens (tertiary/aromatic N) is 1. The number of aromatic carboxylic acids is 1. The second kappa shape index (κ2) is 10.5. The summed E-state index contributed by atoms with van der Waals surface area (Å²) in [5, 5.41) is 13.4. The molecule has 1 atom stereocenters. The van der Waals surface area contributed by atoms with E-state index in [9.17, 15) is 14.7 Å². The zero-order chi connectivity index (χ0) is 24.9. The number of carbonyl (C=O) groups excluding carboxylic acids is 1. The fraction of sp³-hybridized carbons (Fsp3) is 0.241. The van der Waals surface area contributed by atoms with E-state index in [4.69, 9.17) is 4.74 Å². The summed E-state index contributed by atoms with van der Waals surface area (Å²) in [6.07, 6.45) is 3.34. The van der Waals surface area contributed by atoms with Crippen molar-refractivity contribution in [2.75, 3.05) is 7.11 Å². The molecule has 0 radical (unpaired) electrons. The molecule has 3 aromatic carbocycles. The van der Waals surface area contributed by atoms with Crippen LogP contribution in [0.4, 0.5) is 0 Å². The number of amides is 1. The molecule has 6 heteroatoms. The maximum atomic E-state index is 12.7. The van der Waals surface area contributed by atoms with Gasteiger partial charge in [0.05, 0.1) is 12.7 Å². The molecule has 180 valence electrons. The minimum Gasteiger partial charge on any atom is -0.496 e. The average Bonchev–Trinajstić information content (AvgIpc) is 3.17. The van der Waals surface area contributed by atoms with Gasteiger partial charge in [-0.3, -0.25) is 4.79 Å². The summed E-state index contributed by atoms with van der Waals surface area (Å²) in [4.78, 5) is 24.0. The van der Waals surface area contributed by atoms with Gasteiger partial charge in [-0.15, -0.1) is 0 Å². The summed E-state index contributed by atoms with van der Waals surface area (Å²) >= 11 is 0. The molecule has 35 heavy (non-hydrogen) atoms. The second-order valence-corrected chi connectivity index (χ2v) is 8.93. The van der Waals surface area contributed by atoms with Crippen molar-refractivity contribution in [3.63, 3.8) is 0 Å². The lowest BCUT2D eigenvalue weighted by Gasteiger charge is -2.13. The molecule has 0 saturated carbocycles. The minimum atomic E-state index is -0.980. The lowest BCUT2D eigenvalue weighted by atomic mass is 9.96. The van der Waals surface area contributed by atoms with E-state index in [2.05, 4.69) is 34.3 Å². The van der Waals surface area contributed by atoms with E-state index in [1.807, 2.05) is 50.4 Å². The van der Waals surface area contributed by atoms with Crippen molar-refractivity contribution >= 4 is 22.8 Å². The average molecular weight is 471 g/mol.